The van der Waals surface area contributed by atoms with Gasteiger partial charge in [0.2, 0.25) is 5.91 Å². The highest BCUT2D eigenvalue weighted by atomic mass is 16.2. The molecule has 5 heteroatoms. The molecular formula is C30H51N3O2. The lowest BCUT2D eigenvalue weighted by Gasteiger charge is -2.26. The van der Waals surface area contributed by atoms with Gasteiger partial charge in [0.1, 0.15) is 0 Å². The fourth-order valence-electron chi connectivity index (χ4n) is 4.83. The standard InChI is InChI=1S/C30H51N3O2/c1-2-3-4-5-6-7-8-9-10-11-12-13-14-16-23-31-26-29(34)32-28-21-19-27(20-22-28)30(35)33-24-17-15-18-25-33/h19-22,31H,2-18,23-26H2,1H3,(H,32,34). The summed E-state index contributed by atoms with van der Waals surface area (Å²) in [5.74, 6) is 0.0582. The fourth-order valence-corrected chi connectivity index (χ4v) is 4.83. The molecule has 2 amide bonds. The van der Waals surface area contributed by atoms with E-state index in [0.29, 0.717) is 12.1 Å². The summed E-state index contributed by atoms with van der Waals surface area (Å²) in [6.07, 6.45) is 22.4. The predicted molar refractivity (Wildman–Crippen MR) is 148 cm³/mol. The molecule has 1 aromatic carbocycles. The van der Waals surface area contributed by atoms with Crippen molar-refractivity contribution in [3.8, 4) is 0 Å². The number of unbranched alkanes of at least 4 members (excludes halogenated alkanes) is 13. The normalized spacial score (nSPS) is 13.7. The summed E-state index contributed by atoms with van der Waals surface area (Å²) in [6, 6.07) is 7.27. The van der Waals surface area contributed by atoms with Crippen LogP contribution in [0.3, 0.4) is 0 Å². The highest BCUT2D eigenvalue weighted by Crippen LogP contribution is 2.16. The van der Waals surface area contributed by atoms with Gasteiger partial charge in [0.15, 0.2) is 0 Å². The number of nitrogens with one attached hydrogen (secondary N) is 2. The van der Waals surface area contributed by atoms with Gasteiger partial charge in [-0.3, -0.25) is 9.59 Å². The number of hydrogen-bond donors (Lipinski definition) is 2. The Morgan fingerprint density at radius 2 is 1.23 bits per heavy atom. The molecule has 0 bridgehead atoms. The van der Waals surface area contributed by atoms with Crippen molar-refractivity contribution in [3.05, 3.63) is 29.8 Å². The van der Waals surface area contributed by atoms with Crippen LogP contribution in [0.25, 0.3) is 0 Å². The van der Waals surface area contributed by atoms with Gasteiger partial charge >= 0.3 is 0 Å². The molecule has 1 fully saturated rings. The lowest BCUT2D eigenvalue weighted by atomic mass is 10.0. The van der Waals surface area contributed by atoms with E-state index in [1.807, 2.05) is 29.2 Å². The zero-order valence-electron chi connectivity index (χ0n) is 22.4. The average molecular weight is 486 g/mol. The molecule has 1 aromatic rings. The number of amides is 2. The molecular weight excluding hydrogens is 434 g/mol. The van der Waals surface area contributed by atoms with E-state index in [-0.39, 0.29) is 11.8 Å². The second-order valence-corrected chi connectivity index (χ2v) is 10.3. The molecule has 1 saturated heterocycles. The van der Waals surface area contributed by atoms with Crippen molar-refractivity contribution in [3.63, 3.8) is 0 Å². The molecule has 0 radical (unpaired) electrons. The van der Waals surface area contributed by atoms with E-state index in [1.54, 1.807) is 0 Å². The molecule has 1 heterocycles. The molecule has 0 atom stereocenters. The Hall–Kier alpha value is -1.88. The SMILES string of the molecule is CCCCCCCCCCCCCCCCNCC(=O)Nc1ccc(C(=O)N2CCCCC2)cc1. The lowest BCUT2D eigenvalue weighted by Crippen LogP contribution is -2.35. The number of hydrogen-bond acceptors (Lipinski definition) is 3. The Labute approximate surface area is 214 Å². The van der Waals surface area contributed by atoms with Crippen LogP contribution in [0, 0.1) is 0 Å². The van der Waals surface area contributed by atoms with Crippen LogP contribution in [0.15, 0.2) is 24.3 Å². The molecule has 0 aromatic heterocycles. The van der Waals surface area contributed by atoms with Crippen LogP contribution in [0.2, 0.25) is 0 Å². The first-order valence-electron chi connectivity index (χ1n) is 14.6. The van der Waals surface area contributed by atoms with Gasteiger partial charge in [0.05, 0.1) is 6.54 Å². The highest BCUT2D eigenvalue weighted by Gasteiger charge is 2.17. The van der Waals surface area contributed by atoms with Crippen molar-refractivity contribution >= 4 is 17.5 Å². The van der Waals surface area contributed by atoms with E-state index in [2.05, 4.69) is 17.6 Å². The molecule has 2 N–H and O–H groups in total. The Bertz CT molecular complexity index is 683. The first-order valence-corrected chi connectivity index (χ1v) is 14.6. The van der Waals surface area contributed by atoms with Gasteiger partial charge in [-0.05, 0) is 56.5 Å². The Balaban J connectivity index is 1.40. The monoisotopic (exact) mass is 485 g/mol. The summed E-state index contributed by atoms with van der Waals surface area (Å²) in [6.45, 7) is 5.19. The number of anilines is 1. The molecule has 0 aliphatic carbocycles. The van der Waals surface area contributed by atoms with Crippen molar-refractivity contribution in [1.29, 1.82) is 0 Å². The van der Waals surface area contributed by atoms with Crippen LogP contribution in [0.5, 0.6) is 0 Å². The minimum atomic E-state index is -0.0366. The van der Waals surface area contributed by atoms with Gasteiger partial charge in [-0.15, -0.1) is 0 Å². The van der Waals surface area contributed by atoms with E-state index in [1.165, 1.54) is 89.9 Å². The first-order chi connectivity index (χ1) is 17.2. The average Bonchev–Trinajstić information content (AvgIpc) is 2.89. The summed E-state index contributed by atoms with van der Waals surface area (Å²) in [7, 11) is 0. The van der Waals surface area contributed by atoms with Crippen LogP contribution < -0.4 is 10.6 Å². The summed E-state index contributed by atoms with van der Waals surface area (Å²) < 4.78 is 0. The third kappa shape index (κ3) is 13.7. The number of piperidine rings is 1. The number of carbonyl (C=O) groups excluding carboxylic acids is 2. The first kappa shape index (κ1) is 29.4. The second-order valence-electron chi connectivity index (χ2n) is 10.3. The quantitative estimate of drug-likeness (QED) is 0.202. The molecule has 2 rings (SSSR count). The zero-order valence-corrected chi connectivity index (χ0v) is 22.4. The zero-order chi connectivity index (χ0) is 25.0. The minimum absolute atomic E-state index is 0.0366. The van der Waals surface area contributed by atoms with Gasteiger partial charge in [-0.25, -0.2) is 0 Å². The molecule has 198 valence electrons. The molecule has 1 aliphatic heterocycles. The third-order valence-electron chi connectivity index (χ3n) is 7.05. The second kappa shape index (κ2) is 19.3. The Kier molecular flexibility index (Phi) is 16.2. The third-order valence-corrected chi connectivity index (χ3v) is 7.05. The number of benzene rings is 1. The van der Waals surface area contributed by atoms with Crippen molar-refractivity contribution in [2.75, 3.05) is 31.5 Å². The van der Waals surface area contributed by atoms with Crippen molar-refractivity contribution in [1.82, 2.24) is 10.2 Å². The van der Waals surface area contributed by atoms with Gasteiger partial charge in [0, 0.05) is 24.3 Å². The van der Waals surface area contributed by atoms with Crippen molar-refractivity contribution in [2.24, 2.45) is 0 Å². The fraction of sp³-hybridized carbons (Fsp3) is 0.733. The van der Waals surface area contributed by atoms with Crippen LogP contribution in [0.1, 0.15) is 126 Å². The molecule has 0 spiro atoms. The topological polar surface area (TPSA) is 61.4 Å². The molecule has 0 saturated carbocycles. The number of nitrogens with zero attached hydrogens (tertiary/aromatic N) is 1. The van der Waals surface area contributed by atoms with Crippen LogP contribution in [0.4, 0.5) is 5.69 Å². The van der Waals surface area contributed by atoms with E-state index in [4.69, 9.17) is 0 Å². The van der Waals surface area contributed by atoms with Crippen LogP contribution in [-0.4, -0.2) is 42.9 Å². The maximum atomic E-state index is 12.5. The van der Waals surface area contributed by atoms with E-state index in [0.717, 1.165) is 44.6 Å². The largest absolute Gasteiger partial charge is 0.339 e. The molecule has 5 nitrogen and oxygen atoms in total. The summed E-state index contributed by atoms with van der Waals surface area (Å²) in [5.41, 5.74) is 1.43. The van der Waals surface area contributed by atoms with Gasteiger partial charge in [-0.1, -0.05) is 90.4 Å². The predicted octanol–water partition coefficient (Wildman–Crippen LogP) is 7.32. The summed E-state index contributed by atoms with van der Waals surface area (Å²) in [5, 5.41) is 6.16. The minimum Gasteiger partial charge on any atom is -0.339 e. The number of rotatable bonds is 19. The van der Waals surface area contributed by atoms with Crippen molar-refractivity contribution in [2.45, 2.75) is 116 Å². The smallest absolute Gasteiger partial charge is 0.253 e. The number of likely N-dealkylation sites (tertiary alicyclic amines) is 1. The Morgan fingerprint density at radius 3 is 1.77 bits per heavy atom. The molecule has 1 aliphatic rings. The van der Waals surface area contributed by atoms with Gasteiger partial charge in [-0.2, -0.15) is 0 Å². The maximum absolute atomic E-state index is 12.5. The molecule has 0 unspecified atom stereocenters. The van der Waals surface area contributed by atoms with E-state index >= 15 is 0 Å². The maximum Gasteiger partial charge on any atom is 0.253 e. The Morgan fingerprint density at radius 1 is 0.714 bits per heavy atom. The summed E-state index contributed by atoms with van der Waals surface area (Å²) >= 11 is 0. The van der Waals surface area contributed by atoms with E-state index in [9.17, 15) is 9.59 Å². The van der Waals surface area contributed by atoms with Crippen LogP contribution in [-0.2, 0) is 4.79 Å². The van der Waals surface area contributed by atoms with Gasteiger partial charge < -0.3 is 15.5 Å². The summed E-state index contributed by atoms with van der Waals surface area (Å²) in [4.78, 5) is 26.6. The molecule has 35 heavy (non-hydrogen) atoms. The highest BCUT2D eigenvalue weighted by molar-refractivity contribution is 5.96. The van der Waals surface area contributed by atoms with E-state index < -0.39 is 0 Å². The van der Waals surface area contributed by atoms with Gasteiger partial charge in [0.25, 0.3) is 5.91 Å². The van der Waals surface area contributed by atoms with Crippen LogP contribution >= 0.6 is 0 Å². The lowest BCUT2D eigenvalue weighted by molar-refractivity contribution is -0.115. The number of carbonyl (C=O) groups is 2. The van der Waals surface area contributed by atoms with Crippen molar-refractivity contribution < 1.29 is 9.59 Å².